The van der Waals surface area contributed by atoms with Crippen molar-refractivity contribution in [2.75, 3.05) is 23.9 Å². The highest BCUT2D eigenvalue weighted by molar-refractivity contribution is 7.98. The van der Waals surface area contributed by atoms with Crippen molar-refractivity contribution in [2.45, 2.75) is 112 Å². The molecule has 0 aliphatic carbocycles. The van der Waals surface area contributed by atoms with Gasteiger partial charge >= 0.3 is 6.09 Å². The molecule has 0 radical (unpaired) electrons. The molecule has 0 aromatic heterocycles. The number of unbranched alkanes of at least 4 members (excludes halogenated alkanes) is 4. The van der Waals surface area contributed by atoms with Crippen LogP contribution >= 0.6 is 11.8 Å². The first kappa shape index (κ1) is 36.2. The van der Waals surface area contributed by atoms with Crippen LogP contribution in [0.3, 0.4) is 0 Å². The predicted molar refractivity (Wildman–Crippen MR) is 180 cm³/mol. The number of anilines is 1. The summed E-state index contributed by atoms with van der Waals surface area (Å²) in [6, 6.07) is 10.2. The largest absolute Gasteiger partial charge is 0.444 e. The molecule has 0 heterocycles. The van der Waals surface area contributed by atoms with Crippen LogP contribution in [0.25, 0.3) is 0 Å². The zero-order valence-corrected chi connectivity index (χ0v) is 28.6. The van der Waals surface area contributed by atoms with Crippen LogP contribution in [0.1, 0.15) is 100 Å². The third-order valence-electron chi connectivity index (χ3n) is 7.40. The Morgan fingerprint density at radius 3 is 2.19 bits per heavy atom. The van der Waals surface area contributed by atoms with Crippen molar-refractivity contribution in [3.8, 4) is 0 Å². The zero-order valence-electron chi connectivity index (χ0n) is 27.8. The van der Waals surface area contributed by atoms with E-state index in [1.165, 1.54) is 0 Å². The van der Waals surface area contributed by atoms with Gasteiger partial charge in [-0.25, -0.2) is 4.79 Å². The number of rotatable bonds is 15. The normalized spacial score (nSPS) is 12.8. The second-order valence-electron chi connectivity index (χ2n) is 12.4. The van der Waals surface area contributed by atoms with E-state index in [0.29, 0.717) is 18.7 Å². The minimum Gasteiger partial charge on any atom is -0.444 e. The third-order valence-corrected chi connectivity index (χ3v) is 8.05. The number of alkyl carbamates (subject to hydrolysis) is 1. The summed E-state index contributed by atoms with van der Waals surface area (Å²) in [6.45, 7) is 15.8. The number of aryl methyl sites for hydroxylation is 4. The Hall–Kier alpha value is -3.00. The summed E-state index contributed by atoms with van der Waals surface area (Å²) in [7, 11) is 0. The van der Waals surface area contributed by atoms with Crippen LogP contribution in [-0.2, 0) is 14.3 Å². The van der Waals surface area contributed by atoms with Crippen molar-refractivity contribution in [2.24, 2.45) is 0 Å². The molecule has 43 heavy (non-hydrogen) atoms. The Bertz CT molecular complexity index is 1200. The molecule has 2 N–H and O–H groups in total. The van der Waals surface area contributed by atoms with Crippen LogP contribution in [0.15, 0.2) is 36.4 Å². The fourth-order valence-electron chi connectivity index (χ4n) is 5.10. The number of thioether (sulfide) groups is 1. The molecule has 2 aromatic carbocycles. The summed E-state index contributed by atoms with van der Waals surface area (Å²) in [5.41, 5.74) is 4.67. The van der Waals surface area contributed by atoms with Crippen molar-refractivity contribution in [3.63, 3.8) is 0 Å². The van der Waals surface area contributed by atoms with Crippen LogP contribution in [0.5, 0.6) is 0 Å². The molecule has 2 rings (SSSR count). The van der Waals surface area contributed by atoms with Crippen LogP contribution in [0.4, 0.5) is 10.5 Å². The van der Waals surface area contributed by atoms with Gasteiger partial charge in [-0.2, -0.15) is 11.8 Å². The molecule has 2 unspecified atom stereocenters. The van der Waals surface area contributed by atoms with E-state index in [2.05, 4.69) is 17.6 Å². The molecule has 8 heteroatoms. The van der Waals surface area contributed by atoms with E-state index in [1.807, 2.05) is 70.3 Å². The number of amides is 3. The van der Waals surface area contributed by atoms with Gasteiger partial charge in [0.05, 0.1) is 0 Å². The van der Waals surface area contributed by atoms with Crippen LogP contribution in [0, 0.1) is 27.7 Å². The smallest absolute Gasteiger partial charge is 0.408 e. The van der Waals surface area contributed by atoms with E-state index in [0.717, 1.165) is 65.6 Å². The lowest BCUT2D eigenvalue weighted by atomic mass is 9.95. The molecule has 0 saturated carbocycles. The maximum absolute atomic E-state index is 14.5. The van der Waals surface area contributed by atoms with Crippen molar-refractivity contribution >= 4 is 35.4 Å². The van der Waals surface area contributed by atoms with Crippen molar-refractivity contribution in [1.82, 2.24) is 10.2 Å². The average molecular weight is 612 g/mol. The Kier molecular flexibility index (Phi) is 14.6. The van der Waals surface area contributed by atoms with Crippen LogP contribution < -0.4 is 10.6 Å². The molecule has 7 nitrogen and oxygen atoms in total. The van der Waals surface area contributed by atoms with Gasteiger partial charge < -0.3 is 20.3 Å². The number of hydrogen-bond donors (Lipinski definition) is 2. The first-order chi connectivity index (χ1) is 20.3. The van der Waals surface area contributed by atoms with E-state index in [1.54, 1.807) is 37.4 Å². The molecule has 0 bridgehead atoms. The van der Waals surface area contributed by atoms with E-state index >= 15 is 0 Å². The second kappa shape index (κ2) is 17.3. The fraction of sp³-hybridized carbons (Fsp3) is 0.571. The standard InChI is InChI=1S/C35H53N3O4S/c1-10-11-12-13-14-21-38(33(40)29(20-22-43-9)36-34(41)42-35(6,7)8)31(28-23-24(2)18-19-25(28)3)32(39)37-30-26(4)16-15-17-27(30)5/h15-19,23,29,31H,10-14,20-22H2,1-9H3,(H,36,41)(H,37,39). The second-order valence-corrected chi connectivity index (χ2v) is 13.4. The molecular formula is C35H53N3O4S. The quantitative estimate of drug-likeness (QED) is 0.199. The lowest BCUT2D eigenvalue weighted by molar-refractivity contribution is -0.141. The molecule has 2 atom stereocenters. The lowest BCUT2D eigenvalue weighted by Gasteiger charge is -2.35. The van der Waals surface area contributed by atoms with Gasteiger partial charge in [0.15, 0.2) is 0 Å². The van der Waals surface area contributed by atoms with Crippen molar-refractivity contribution in [1.29, 1.82) is 0 Å². The first-order valence-corrected chi connectivity index (χ1v) is 16.9. The van der Waals surface area contributed by atoms with E-state index in [9.17, 15) is 14.4 Å². The number of ether oxygens (including phenoxy) is 1. The molecule has 0 spiro atoms. The van der Waals surface area contributed by atoms with Gasteiger partial charge in [0.25, 0.3) is 5.91 Å². The molecule has 0 aliphatic heterocycles. The number of benzene rings is 2. The average Bonchev–Trinajstić information content (AvgIpc) is 2.92. The summed E-state index contributed by atoms with van der Waals surface area (Å²) in [6.07, 6.45) is 6.75. The lowest BCUT2D eigenvalue weighted by Crippen LogP contribution is -2.53. The predicted octanol–water partition coefficient (Wildman–Crippen LogP) is 8.05. The van der Waals surface area contributed by atoms with Gasteiger partial charge in [-0.1, -0.05) is 74.6 Å². The molecule has 3 amide bonds. The monoisotopic (exact) mass is 611 g/mol. The topological polar surface area (TPSA) is 87.7 Å². The van der Waals surface area contributed by atoms with E-state index < -0.39 is 23.8 Å². The van der Waals surface area contributed by atoms with Crippen LogP contribution in [0.2, 0.25) is 0 Å². The maximum Gasteiger partial charge on any atom is 0.408 e. The van der Waals surface area contributed by atoms with Crippen molar-refractivity contribution < 1.29 is 19.1 Å². The Balaban J connectivity index is 2.62. The van der Waals surface area contributed by atoms with Gasteiger partial charge in [-0.05, 0) is 95.6 Å². The minimum absolute atomic E-state index is 0.270. The highest BCUT2D eigenvalue weighted by Gasteiger charge is 2.37. The summed E-state index contributed by atoms with van der Waals surface area (Å²) < 4.78 is 5.53. The van der Waals surface area contributed by atoms with Gasteiger partial charge in [0.1, 0.15) is 17.7 Å². The summed E-state index contributed by atoms with van der Waals surface area (Å²) in [5, 5.41) is 6.02. The molecule has 2 aromatic rings. The number of para-hydroxylation sites is 1. The highest BCUT2D eigenvalue weighted by atomic mass is 32.2. The van der Waals surface area contributed by atoms with Gasteiger partial charge in [0.2, 0.25) is 5.91 Å². The molecule has 0 fully saturated rings. The summed E-state index contributed by atoms with van der Waals surface area (Å²) in [5.74, 6) is 0.117. The van der Waals surface area contributed by atoms with Crippen molar-refractivity contribution in [3.05, 3.63) is 64.2 Å². The number of hydrogen-bond acceptors (Lipinski definition) is 5. The third kappa shape index (κ3) is 11.5. The number of carbonyl (C=O) groups excluding carboxylic acids is 3. The highest BCUT2D eigenvalue weighted by Crippen LogP contribution is 2.30. The Morgan fingerprint density at radius 2 is 1.58 bits per heavy atom. The van der Waals surface area contributed by atoms with Gasteiger partial charge in [-0.3, -0.25) is 9.59 Å². The number of carbonyl (C=O) groups is 3. The Labute approximate surface area is 263 Å². The zero-order chi connectivity index (χ0) is 32.2. The fourth-order valence-corrected chi connectivity index (χ4v) is 5.58. The summed E-state index contributed by atoms with van der Waals surface area (Å²) >= 11 is 1.60. The minimum atomic E-state index is -0.880. The number of nitrogens with one attached hydrogen (secondary N) is 2. The van der Waals surface area contributed by atoms with E-state index in [-0.39, 0.29) is 11.8 Å². The SMILES string of the molecule is CCCCCCCN(C(=O)C(CCSC)NC(=O)OC(C)(C)C)C(C(=O)Nc1c(C)cccc1C)c1cc(C)ccc1C. The number of nitrogens with zero attached hydrogens (tertiary/aromatic N) is 1. The van der Waals surface area contributed by atoms with E-state index in [4.69, 9.17) is 4.74 Å². The molecule has 0 aliphatic rings. The van der Waals surface area contributed by atoms with Gasteiger partial charge in [0, 0.05) is 12.2 Å². The van der Waals surface area contributed by atoms with Gasteiger partial charge in [-0.15, -0.1) is 0 Å². The maximum atomic E-state index is 14.5. The molecular weight excluding hydrogens is 558 g/mol. The summed E-state index contributed by atoms with van der Waals surface area (Å²) in [4.78, 5) is 43.5. The molecule has 238 valence electrons. The molecule has 0 saturated heterocycles. The first-order valence-electron chi connectivity index (χ1n) is 15.5. The Morgan fingerprint density at radius 1 is 0.930 bits per heavy atom. The van der Waals surface area contributed by atoms with Crippen LogP contribution in [-0.4, -0.2) is 53.0 Å².